The molecule has 0 amide bonds. The number of hydrogen-bond donors (Lipinski definition) is 0. The van der Waals surface area contributed by atoms with Gasteiger partial charge in [0, 0.05) is 12.5 Å². The summed E-state index contributed by atoms with van der Waals surface area (Å²) in [5, 5.41) is 7.62. The molecule has 0 aliphatic rings. The summed E-state index contributed by atoms with van der Waals surface area (Å²) in [6, 6.07) is 19.4. The molecule has 0 aliphatic carbocycles. The van der Waals surface area contributed by atoms with Gasteiger partial charge in [-0.05, 0) is 37.9 Å². The van der Waals surface area contributed by atoms with E-state index in [-0.39, 0.29) is 5.97 Å². The Hall–Kier alpha value is -2.87. The van der Waals surface area contributed by atoms with Crippen molar-refractivity contribution >= 4 is 38.3 Å². The Balaban J connectivity index is 1.86. The molecule has 0 saturated heterocycles. The lowest BCUT2D eigenvalue weighted by Crippen LogP contribution is -2.04. The summed E-state index contributed by atoms with van der Waals surface area (Å²) in [4.78, 5) is 11.2. The molecule has 0 radical (unpaired) electrons. The van der Waals surface area contributed by atoms with Crippen LogP contribution in [0.25, 0.3) is 32.3 Å². The van der Waals surface area contributed by atoms with Crippen molar-refractivity contribution in [3.63, 3.8) is 0 Å². The Morgan fingerprint density at radius 1 is 0.913 bits per heavy atom. The summed E-state index contributed by atoms with van der Waals surface area (Å²) in [5.74, 6) is -0.372. The molecular weight excluding hydrogens is 284 g/mol. The molecule has 0 unspecified atom stereocenters. The summed E-state index contributed by atoms with van der Waals surface area (Å²) in [6.45, 7) is 3.79. The van der Waals surface area contributed by atoms with Crippen molar-refractivity contribution in [2.45, 2.75) is 6.42 Å². The zero-order chi connectivity index (χ0) is 15.8. The molecule has 23 heavy (non-hydrogen) atoms. The third kappa shape index (κ3) is 2.23. The van der Waals surface area contributed by atoms with Crippen molar-refractivity contribution in [2.75, 3.05) is 6.61 Å². The maximum Gasteiger partial charge on any atom is 0.330 e. The molecule has 0 N–H and O–H groups in total. The van der Waals surface area contributed by atoms with E-state index in [0.29, 0.717) is 13.0 Å². The molecule has 2 heteroatoms. The summed E-state index contributed by atoms with van der Waals surface area (Å²) in [5.41, 5.74) is 1.20. The lowest BCUT2D eigenvalue weighted by Gasteiger charge is -2.13. The van der Waals surface area contributed by atoms with E-state index in [0.717, 1.165) is 0 Å². The van der Waals surface area contributed by atoms with Crippen LogP contribution in [0.2, 0.25) is 0 Å². The van der Waals surface area contributed by atoms with Crippen molar-refractivity contribution in [1.29, 1.82) is 0 Å². The van der Waals surface area contributed by atoms with Crippen LogP contribution in [0.1, 0.15) is 5.56 Å². The average molecular weight is 300 g/mol. The first-order chi connectivity index (χ1) is 11.3. The molecule has 4 rings (SSSR count). The van der Waals surface area contributed by atoms with E-state index in [1.54, 1.807) is 0 Å². The molecule has 0 heterocycles. The zero-order valence-corrected chi connectivity index (χ0v) is 12.7. The van der Waals surface area contributed by atoms with Crippen molar-refractivity contribution in [3.8, 4) is 0 Å². The van der Waals surface area contributed by atoms with Gasteiger partial charge in [-0.2, -0.15) is 0 Å². The quantitative estimate of drug-likeness (QED) is 0.306. The van der Waals surface area contributed by atoms with Crippen molar-refractivity contribution < 1.29 is 9.53 Å². The first kappa shape index (κ1) is 13.8. The van der Waals surface area contributed by atoms with Gasteiger partial charge in [0.15, 0.2) is 0 Å². The molecule has 0 bridgehead atoms. The second-order valence-corrected chi connectivity index (χ2v) is 5.70. The van der Waals surface area contributed by atoms with Gasteiger partial charge in [-0.1, -0.05) is 61.2 Å². The van der Waals surface area contributed by atoms with Gasteiger partial charge in [0.25, 0.3) is 0 Å². The van der Waals surface area contributed by atoms with Crippen molar-refractivity contribution in [2.24, 2.45) is 0 Å². The van der Waals surface area contributed by atoms with Crippen molar-refractivity contribution in [3.05, 3.63) is 72.8 Å². The largest absolute Gasteiger partial charge is 0.462 e. The van der Waals surface area contributed by atoms with E-state index in [9.17, 15) is 4.79 Å². The van der Waals surface area contributed by atoms with Crippen LogP contribution in [-0.2, 0) is 16.0 Å². The fourth-order valence-corrected chi connectivity index (χ4v) is 3.33. The second-order valence-electron chi connectivity index (χ2n) is 5.70. The third-order valence-electron chi connectivity index (χ3n) is 4.40. The third-order valence-corrected chi connectivity index (χ3v) is 4.40. The number of benzene rings is 4. The van der Waals surface area contributed by atoms with Crippen LogP contribution in [0, 0.1) is 0 Å². The van der Waals surface area contributed by atoms with Crippen molar-refractivity contribution in [1.82, 2.24) is 0 Å². The summed E-state index contributed by atoms with van der Waals surface area (Å²) < 4.78 is 5.13. The molecule has 0 spiro atoms. The SMILES string of the molecule is C=CC(=O)OCCc1ccc2ccc3cccc4ccc1c2c34. The number of esters is 1. The first-order valence-electron chi connectivity index (χ1n) is 7.72. The fraction of sp³-hybridized carbons (Fsp3) is 0.0952. The Morgan fingerprint density at radius 2 is 1.57 bits per heavy atom. The Labute approximate surface area is 134 Å². The van der Waals surface area contributed by atoms with E-state index in [1.807, 2.05) is 0 Å². The van der Waals surface area contributed by atoms with E-state index in [1.165, 1.54) is 44.0 Å². The highest BCUT2D eigenvalue weighted by molar-refractivity contribution is 6.23. The second kappa shape index (κ2) is 5.40. The van der Waals surface area contributed by atoms with Crippen LogP contribution in [0.4, 0.5) is 0 Å². The Morgan fingerprint density at radius 3 is 2.30 bits per heavy atom. The topological polar surface area (TPSA) is 26.3 Å². The minimum Gasteiger partial charge on any atom is -0.462 e. The van der Waals surface area contributed by atoms with Gasteiger partial charge < -0.3 is 4.74 Å². The molecular formula is C21H16O2. The fourth-order valence-electron chi connectivity index (χ4n) is 3.33. The molecule has 4 aromatic rings. The number of carbonyl (C=O) groups is 1. The standard InChI is InChI=1S/C21H16O2/c1-2-19(22)23-13-12-14-6-7-17-9-8-15-4-3-5-16-10-11-18(14)21(17)20(15)16/h2-11H,1,12-13H2. The summed E-state index contributed by atoms with van der Waals surface area (Å²) in [6.07, 6.45) is 1.90. The van der Waals surface area contributed by atoms with Crippen LogP contribution in [-0.4, -0.2) is 12.6 Å². The lowest BCUT2D eigenvalue weighted by atomic mass is 9.91. The monoisotopic (exact) mass is 300 g/mol. The predicted octanol–water partition coefficient (Wildman–Crippen LogP) is 4.86. The maximum atomic E-state index is 11.2. The molecule has 0 aromatic heterocycles. The number of rotatable bonds is 4. The van der Waals surface area contributed by atoms with E-state index in [2.05, 4.69) is 61.2 Å². The van der Waals surface area contributed by atoms with Gasteiger partial charge in [-0.15, -0.1) is 0 Å². The average Bonchev–Trinajstić information content (AvgIpc) is 2.60. The van der Waals surface area contributed by atoms with Gasteiger partial charge in [0.2, 0.25) is 0 Å². The molecule has 0 fully saturated rings. The van der Waals surface area contributed by atoms with Gasteiger partial charge in [-0.25, -0.2) is 4.79 Å². The van der Waals surface area contributed by atoms with Gasteiger partial charge in [-0.3, -0.25) is 0 Å². The molecule has 0 atom stereocenters. The van der Waals surface area contributed by atoms with Crippen LogP contribution < -0.4 is 0 Å². The van der Waals surface area contributed by atoms with Gasteiger partial charge in [0.05, 0.1) is 6.61 Å². The Kier molecular flexibility index (Phi) is 3.23. The van der Waals surface area contributed by atoms with E-state index < -0.39 is 0 Å². The highest BCUT2D eigenvalue weighted by atomic mass is 16.5. The summed E-state index contributed by atoms with van der Waals surface area (Å²) in [7, 11) is 0. The van der Waals surface area contributed by atoms with Crippen LogP contribution in [0.3, 0.4) is 0 Å². The molecule has 0 aliphatic heterocycles. The number of hydrogen-bond acceptors (Lipinski definition) is 2. The number of ether oxygens (including phenoxy) is 1. The first-order valence-corrected chi connectivity index (χ1v) is 7.72. The zero-order valence-electron chi connectivity index (χ0n) is 12.7. The lowest BCUT2D eigenvalue weighted by molar-refractivity contribution is -0.137. The Bertz CT molecular complexity index is 1010. The normalized spacial score (nSPS) is 11.3. The highest BCUT2D eigenvalue weighted by Crippen LogP contribution is 2.35. The van der Waals surface area contributed by atoms with E-state index >= 15 is 0 Å². The van der Waals surface area contributed by atoms with Crippen LogP contribution in [0.15, 0.2) is 67.3 Å². The van der Waals surface area contributed by atoms with Gasteiger partial charge >= 0.3 is 5.97 Å². The number of carbonyl (C=O) groups excluding carboxylic acids is 1. The molecule has 0 saturated carbocycles. The molecule has 4 aromatic carbocycles. The molecule has 2 nitrogen and oxygen atoms in total. The minimum atomic E-state index is -0.372. The van der Waals surface area contributed by atoms with E-state index in [4.69, 9.17) is 4.74 Å². The van der Waals surface area contributed by atoms with Crippen LogP contribution >= 0.6 is 0 Å². The summed E-state index contributed by atoms with van der Waals surface area (Å²) >= 11 is 0. The highest BCUT2D eigenvalue weighted by Gasteiger charge is 2.10. The smallest absolute Gasteiger partial charge is 0.330 e. The maximum absolute atomic E-state index is 11.2. The van der Waals surface area contributed by atoms with Gasteiger partial charge in [0.1, 0.15) is 0 Å². The molecule has 112 valence electrons. The minimum absolute atomic E-state index is 0.370. The van der Waals surface area contributed by atoms with Crippen LogP contribution in [0.5, 0.6) is 0 Å². The predicted molar refractivity (Wildman–Crippen MR) is 95.0 cm³/mol.